The minimum atomic E-state index is -4.75. The van der Waals surface area contributed by atoms with Gasteiger partial charge < -0.3 is 24.8 Å². The molecule has 1 aromatic carbocycles. The molecule has 3 N–H and O–H groups in total. The summed E-state index contributed by atoms with van der Waals surface area (Å²) in [6.45, 7) is 0.455. The Kier molecular flexibility index (Phi) is 6.64. The summed E-state index contributed by atoms with van der Waals surface area (Å²) >= 11 is 1.26. The van der Waals surface area contributed by atoms with E-state index < -0.39 is 12.5 Å². The van der Waals surface area contributed by atoms with E-state index >= 15 is 0 Å². The number of carboxylic acid groups (broad SMARTS) is 1. The van der Waals surface area contributed by atoms with Crippen LogP contribution in [0.2, 0.25) is 0 Å². The van der Waals surface area contributed by atoms with E-state index in [0.29, 0.717) is 29.1 Å². The Balaban J connectivity index is 2.16. The lowest BCUT2D eigenvalue weighted by Crippen LogP contribution is -2.25. The third-order valence-corrected chi connectivity index (χ3v) is 4.08. The number of hydrogen-bond donors (Lipinski definition) is 3. The van der Waals surface area contributed by atoms with Crippen molar-refractivity contribution in [2.24, 2.45) is 4.99 Å². The number of aliphatic hydroxyl groups excluding tert-OH is 1. The summed E-state index contributed by atoms with van der Waals surface area (Å²) in [4.78, 5) is 15.3. The molecule has 0 bridgehead atoms. The van der Waals surface area contributed by atoms with Crippen molar-refractivity contribution in [2.45, 2.75) is 25.9 Å². The number of halogens is 3. The van der Waals surface area contributed by atoms with Crippen LogP contribution in [-0.4, -0.2) is 33.8 Å². The Morgan fingerprint density at radius 3 is 2.58 bits per heavy atom. The van der Waals surface area contributed by atoms with Gasteiger partial charge in [-0.1, -0.05) is 0 Å². The van der Waals surface area contributed by atoms with Crippen LogP contribution in [-0.2, 0) is 13.2 Å². The molecule has 0 aliphatic heterocycles. The molecule has 0 unspecified atom stereocenters. The van der Waals surface area contributed by atoms with Gasteiger partial charge in [0.05, 0.1) is 18.0 Å². The standard InChI is InChI=1S/C15H16F3N3O4S/c16-15(17,18)25-12-4-2-10(3-5-12)20-13-21(11(8-22)9-26-13)7-1-6-19-14(23)24/h2-5,9,19,22H,1,6-8H2,(H,23,24). The first-order valence-corrected chi connectivity index (χ1v) is 8.32. The van der Waals surface area contributed by atoms with E-state index in [0.717, 1.165) is 12.1 Å². The third kappa shape index (κ3) is 6.08. The lowest BCUT2D eigenvalue weighted by molar-refractivity contribution is -0.274. The van der Waals surface area contributed by atoms with Gasteiger partial charge in [-0.3, -0.25) is 0 Å². The van der Waals surface area contributed by atoms with Crippen LogP contribution < -0.4 is 14.9 Å². The van der Waals surface area contributed by atoms with E-state index in [1.54, 1.807) is 9.95 Å². The first kappa shape index (κ1) is 19.8. The molecule has 11 heteroatoms. The number of amides is 1. The molecule has 1 amide bonds. The second-order valence-electron chi connectivity index (χ2n) is 5.06. The maximum absolute atomic E-state index is 12.2. The third-order valence-electron chi connectivity index (χ3n) is 3.17. The molecule has 2 aromatic rings. The lowest BCUT2D eigenvalue weighted by atomic mass is 10.3. The maximum atomic E-state index is 12.2. The number of nitrogens with one attached hydrogen (secondary N) is 1. The second-order valence-corrected chi connectivity index (χ2v) is 5.89. The number of alkyl halides is 3. The van der Waals surface area contributed by atoms with E-state index in [4.69, 9.17) is 5.11 Å². The number of aromatic nitrogens is 1. The molecule has 0 fully saturated rings. The van der Waals surface area contributed by atoms with Gasteiger partial charge in [-0.15, -0.1) is 24.5 Å². The van der Waals surface area contributed by atoms with Gasteiger partial charge in [-0.25, -0.2) is 9.79 Å². The van der Waals surface area contributed by atoms with Gasteiger partial charge in [0.1, 0.15) is 5.75 Å². The van der Waals surface area contributed by atoms with Crippen LogP contribution in [0.25, 0.3) is 0 Å². The molecule has 0 spiro atoms. The summed E-state index contributed by atoms with van der Waals surface area (Å²) in [6, 6.07) is 5.09. The van der Waals surface area contributed by atoms with Crippen molar-refractivity contribution in [3.8, 4) is 5.75 Å². The van der Waals surface area contributed by atoms with Gasteiger partial charge in [0.2, 0.25) is 0 Å². The molecule has 0 radical (unpaired) electrons. The fourth-order valence-corrected chi connectivity index (χ4v) is 3.02. The Morgan fingerprint density at radius 2 is 2.00 bits per heavy atom. The average molecular weight is 391 g/mol. The van der Waals surface area contributed by atoms with Gasteiger partial charge in [0.25, 0.3) is 0 Å². The fraction of sp³-hybridized carbons (Fsp3) is 0.333. The molecule has 0 atom stereocenters. The lowest BCUT2D eigenvalue weighted by Gasteiger charge is -2.09. The van der Waals surface area contributed by atoms with Crippen molar-refractivity contribution in [3.05, 3.63) is 40.1 Å². The number of hydrogen-bond acceptors (Lipinski definition) is 5. The largest absolute Gasteiger partial charge is 0.573 e. The van der Waals surface area contributed by atoms with E-state index in [1.807, 2.05) is 0 Å². The first-order chi connectivity index (χ1) is 12.3. The smallest absolute Gasteiger partial charge is 0.465 e. The molecule has 0 aliphatic rings. The number of nitrogens with zero attached hydrogens (tertiary/aromatic N) is 2. The number of thiazole rings is 1. The highest BCUT2D eigenvalue weighted by molar-refractivity contribution is 7.07. The minimum Gasteiger partial charge on any atom is -0.465 e. The van der Waals surface area contributed by atoms with E-state index in [9.17, 15) is 23.1 Å². The molecule has 1 heterocycles. The van der Waals surface area contributed by atoms with Crippen molar-refractivity contribution in [1.82, 2.24) is 9.88 Å². The average Bonchev–Trinajstić information content (AvgIpc) is 2.93. The molecule has 7 nitrogen and oxygen atoms in total. The molecular formula is C15H16F3N3O4S. The van der Waals surface area contributed by atoms with Crippen molar-refractivity contribution in [3.63, 3.8) is 0 Å². The predicted octanol–water partition coefficient (Wildman–Crippen LogP) is 2.83. The molecule has 0 saturated carbocycles. The predicted molar refractivity (Wildman–Crippen MR) is 87.2 cm³/mol. The number of ether oxygens (including phenoxy) is 1. The number of carbonyl (C=O) groups is 1. The highest BCUT2D eigenvalue weighted by Gasteiger charge is 2.30. The van der Waals surface area contributed by atoms with Gasteiger partial charge in [-0.2, -0.15) is 0 Å². The van der Waals surface area contributed by atoms with Crippen LogP contribution in [0.15, 0.2) is 34.6 Å². The summed E-state index contributed by atoms with van der Waals surface area (Å²) in [7, 11) is 0. The quantitative estimate of drug-likeness (QED) is 0.633. The fourth-order valence-electron chi connectivity index (χ4n) is 2.08. The molecule has 1 aromatic heterocycles. The van der Waals surface area contributed by atoms with E-state index in [2.05, 4.69) is 15.0 Å². The zero-order chi connectivity index (χ0) is 19.2. The second kappa shape index (κ2) is 8.72. The highest BCUT2D eigenvalue weighted by atomic mass is 32.1. The Bertz CT molecular complexity index is 800. The Hall–Kier alpha value is -2.53. The number of aliphatic hydroxyl groups is 1. The SMILES string of the molecule is O=C(O)NCCCn1c(CO)csc1=Nc1ccc(OC(F)(F)F)cc1. The minimum absolute atomic E-state index is 0.212. The van der Waals surface area contributed by atoms with E-state index in [-0.39, 0.29) is 18.9 Å². The van der Waals surface area contributed by atoms with Crippen molar-refractivity contribution >= 4 is 23.1 Å². The summed E-state index contributed by atoms with van der Waals surface area (Å²) in [5.74, 6) is -0.341. The van der Waals surface area contributed by atoms with Gasteiger partial charge in [0.15, 0.2) is 4.80 Å². The summed E-state index contributed by atoms with van der Waals surface area (Å²) in [6.07, 6.45) is -5.38. The topological polar surface area (TPSA) is 96.1 Å². The molecular weight excluding hydrogens is 375 g/mol. The molecule has 26 heavy (non-hydrogen) atoms. The van der Waals surface area contributed by atoms with Crippen molar-refractivity contribution < 1.29 is 32.9 Å². The molecule has 2 rings (SSSR count). The van der Waals surface area contributed by atoms with Crippen molar-refractivity contribution in [1.29, 1.82) is 0 Å². The summed E-state index contributed by atoms with van der Waals surface area (Å²) < 4.78 is 42.0. The van der Waals surface area contributed by atoms with Gasteiger partial charge in [-0.05, 0) is 30.7 Å². The van der Waals surface area contributed by atoms with Gasteiger partial charge >= 0.3 is 12.5 Å². The van der Waals surface area contributed by atoms with Crippen LogP contribution in [0.4, 0.5) is 23.7 Å². The molecule has 0 saturated heterocycles. The summed E-state index contributed by atoms with van der Waals surface area (Å²) in [5.41, 5.74) is 1.03. The first-order valence-electron chi connectivity index (χ1n) is 7.44. The normalized spacial score (nSPS) is 12.2. The Morgan fingerprint density at radius 1 is 1.31 bits per heavy atom. The van der Waals surface area contributed by atoms with Crippen LogP contribution in [0.1, 0.15) is 12.1 Å². The highest BCUT2D eigenvalue weighted by Crippen LogP contribution is 2.24. The van der Waals surface area contributed by atoms with Crippen LogP contribution >= 0.6 is 11.3 Å². The number of rotatable bonds is 7. The van der Waals surface area contributed by atoms with Gasteiger partial charge in [0, 0.05) is 18.5 Å². The zero-order valence-corrected chi connectivity index (χ0v) is 14.2. The van der Waals surface area contributed by atoms with Crippen LogP contribution in [0.5, 0.6) is 5.75 Å². The van der Waals surface area contributed by atoms with Crippen molar-refractivity contribution in [2.75, 3.05) is 6.54 Å². The monoisotopic (exact) mass is 391 g/mol. The zero-order valence-electron chi connectivity index (χ0n) is 13.4. The van der Waals surface area contributed by atoms with Crippen LogP contribution in [0.3, 0.4) is 0 Å². The van der Waals surface area contributed by atoms with Crippen LogP contribution in [0, 0.1) is 0 Å². The van der Waals surface area contributed by atoms with E-state index in [1.165, 1.54) is 23.5 Å². The maximum Gasteiger partial charge on any atom is 0.573 e. The molecule has 0 aliphatic carbocycles. The summed E-state index contributed by atoms with van der Waals surface area (Å²) in [5, 5.41) is 21.9. The molecule has 142 valence electrons. The number of benzene rings is 1. The Labute approximate surface area is 150 Å².